The number of rotatable bonds is 8. The first-order chi connectivity index (χ1) is 15.3. The number of fused-ring (bicyclic) bond motifs is 5. The van der Waals surface area contributed by atoms with Gasteiger partial charge < -0.3 is 24.4 Å². The topological polar surface area (TPSA) is 85.2 Å². The lowest BCUT2D eigenvalue weighted by Gasteiger charge is -2.58. The van der Waals surface area contributed by atoms with Gasteiger partial charge in [-0.2, -0.15) is 0 Å². The molecule has 6 nitrogen and oxygen atoms in total. The quantitative estimate of drug-likeness (QED) is 0.333. The van der Waals surface area contributed by atoms with E-state index in [9.17, 15) is 9.90 Å². The Kier molecular flexibility index (Phi) is 7.35. The second-order valence-corrected chi connectivity index (χ2v) is 11.0. The van der Waals surface area contributed by atoms with Gasteiger partial charge >= 0.3 is 5.97 Å². The van der Waals surface area contributed by atoms with Gasteiger partial charge in [0.15, 0.2) is 0 Å². The number of carbonyl (C=O) groups is 1. The van der Waals surface area contributed by atoms with Crippen molar-refractivity contribution < 1.29 is 29.2 Å². The number of carbonyl (C=O) groups excluding carboxylic acids is 1. The van der Waals surface area contributed by atoms with Crippen LogP contribution in [0, 0.1) is 22.7 Å². The van der Waals surface area contributed by atoms with Crippen LogP contribution in [-0.4, -0.2) is 60.4 Å². The predicted molar refractivity (Wildman–Crippen MR) is 121 cm³/mol. The molecule has 0 aromatic heterocycles. The molecule has 32 heavy (non-hydrogen) atoms. The van der Waals surface area contributed by atoms with Crippen molar-refractivity contribution in [2.75, 3.05) is 19.8 Å². The first kappa shape index (κ1) is 24.2. The number of esters is 1. The Hall–Kier alpha value is -0.950. The van der Waals surface area contributed by atoms with Gasteiger partial charge in [-0.05, 0) is 57.3 Å². The van der Waals surface area contributed by atoms with Crippen LogP contribution in [0.2, 0.25) is 0 Å². The van der Waals surface area contributed by atoms with Crippen LogP contribution in [0.3, 0.4) is 0 Å². The maximum absolute atomic E-state index is 12.0. The molecule has 4 aliphatic rings. The van der Waals surface area contributed by atoms with Gasteiger partial charge in [0, 0.05) is 36.4 Å². The minimum absolute atomic E-state index is 0.00158. The van der Waals surface area contributed by atoms with Crippen molar-refractivity contribution in [1.29, 1.82) is 0 Å². The van der Waals surface area contributed by atoms with E-state index in [1.54, 1.807) is 0 Å². The van der Waals surface area contributed by atoms with Crippen LogP contribution in [-0.2, 0) is 19.0 Å². The second kappa shape index (κ2) is 9.73. The molecule has 0 aromatic rings. The molecule has 4 unspecified atom stereocenters. The third kappa shape index (κ3) is 4.28. The molecule has 8 atom stereocenters. The van der Waals surface area contributed by atoms with E-state index in [-0.39, 0.29) is 47.6 Å². The highest BCUT2D eigenvalue weighted by Crippen LogP contribution is 2.60. The van der Waals surface area contributed by atoms with Gasteiger partial charge in [0.25, 0.3) is 0 Å². The minimum atomic E-state index is -0.531. The average Bonchev–Trinajstić information content (AvgIpc) is 3.10. The van der Waals surface area contributed by atoms with E-state index in [4.69, 9.17) is 19.3 Å². The Morgan fingerprint density at radius 3 is 2.78 bits per heavy atom. The van der Waals surface area contributed by atoms with Crippen molar-refractivity contribution in [3.8, 4) is 0 Å². The van der Waals surface area contributed by atoms with Crippen LogP contribution in [0.25, 0.3) is 0 Å². The highest BCUT2D eigenvalue weighted by Gasteiger charge is 2.62. The van der Waals surface area contributed by atoms with E-state index < -0.39 is 6.10 Å². The summed E-state index contributed by atoms with van der Waals surface area (Å²) in [4.78, 5) is 12.0. The summed E-state index contributed by atoms with van der Waals surface area (Å²) in [6, 6.07) is 0. The molecule has 0 aromatic carbocycles. The maximum atomic E-state index is 12.0. The number of aliphatic hydroxyl groups is 2. The number of ether oxygens (including phenoxy) is 3. The average molecular weight is 451 g/mol. The Morgan fingerprint density at radius 2 is 2.03 bits per heavy atom. The van der Waals surface area contributed by atoms with E-state index in [0.29, 0.717) is 18.9 Å². The van der Waals surface area contributed by atoms with Crippen molar-refractivity contribution in [1.82, 2.24) is 0 Å². The van der Waals surface area contributed by atoms with Gasteiger partial charge in [-0.1, -0.05) is 32.4 Å². The van der Waals surface area contributed by atoms with Crippen LogP contribution in [0.15, 0.2) is 11.6 Å². The van der Waals surface area contributed by atoms with Gasteiger partial charge in [-0.3, -0.25) is 4.79 Å². The Labute approximate surface area is 192 Å². The Balaban J connectivity index is 1.45. The van der Waals surface area contributed by atoms with E-state index in [2.05, 4.69) is 19.9 Å². The molecule has 0 spiro atoms. The first-order valence-electron chi connectivity index (χ1n) is 12.8. The summed E-state index contributed by atoms with van der Waals surface area (Å²) in [5.74, 6) is 0.192. The van der Waals surface area contributed by atoms with Crippen LogP contribution in [0.5, 0.6) is 0 Å². The first-order valence-corrected chi connectivity index (χ1v) is 12.8. The van der Waals surface area contributed by atoms with Crippen molar-refractivity contribution >= 4 is 5.97 Å². The summed E-state index contributed by atoms with van der Waals surface area (Å²) in [5, 5.41) is 20.2. The van der Waals surface area contributed by atoms with E-state index in [0.717, 1.165) is 58.0 Å². The number of hydrogen-bond acceptors (Lipinski definition) is 6. The number of hydrogen-bond donors (Lipinski definition) is 2. The summed E-state index contributed by atoms with van der Waals surface area (Å²) < 4.78 is 18.5. The lowest BCUT2D eigenvalue weighted by Crippen LogP contribution is -2.61. The minimum Gasteiger partial charge on any atom is -0.462 e. The van der Waals surface area contributed by atoms with E-state index >= 15 is 0 Å². The SMILES string of the molecule is CCC(=O)OC1CCC2C3C(OC[C@]12C)[C@@]1(C)CC[C@H](OCCCCCO)CC1=C[C@@H]3O. The van der Waals surface area contributed by atoms with Gasteiger partial charge in [0.2, 0.25) is 0 Å². The molecule has 2 saturated carbocycles. The molecular weight excluding hydrogens is 408 g/mol. The molecule has 3 aliphatic carbocycles. The largest absolute Gasteiger partial charge is 0.462 e. The van der Waals surface area contributed by atoms with Crippen LogP contribution in [0.4, 0.5) is 0 Å². The molecule has 6 heteroatoms. The fourth-order valence-electron chi connectivity index (χ4n) is 7.00. The van der Waals surface area contributed by atoms with Crippen molar-refractivity contribution in [2.45, 2.75) is 103 Å². The molecule has 1 heterocycles. The molecule has 0 bridgehead atoms. The van der Waals surface area contributed by atoms with Gasteiger partial charge in [0.05, 0.1) is 24.9 Å². The zero-order chi connectivity index (χ0) is 22.9. The summed E-state index contributed by atoms with van der Waals surface area (Å²) >= 11 is 0. The highest BCUT2D eigenvalue weighted by atomic mass is 16.5. The second-order valence-electron chi connectivity index (χ2n) is 11.0. The number of unbranched alkanes of at least 4 members (excludes halogenated alkanes) is 2. The molecule has 1 aliphatic heterocycles. The van der Waals surface area contributed by atoms with Crippen molar-refractivity contribution in [3.05, 3.63) is 11.6 Å². The van der Waals surface area contributed by atoms with E-state index in [1.807, 2.05) is 6.92 Å². The predicted octanol–water partition coefficient (Wildman–Crippen LogP) is 3.78. The molecule has 0 amide bonds. The van der Waals surface area contributed by atoms with Crippen LogP contribution in [0.1, 0.15) is 78.6 Å². The third-order valence-corrected chi connectivity index (χ3v) is 8.99. The molecule has 3 fully saturated rings. The molecule has 1 saturated heterocycles. The normalized spacial score (nSPS) is 43.1. The maximum Gasteiger partial charge on any atom is 0.305 e. The molecule has 182 valence electrons. The van der Waals surface area contributed by atoms with Crippen molar-refractivity contribution in [3.63, 3.8) is 0 Å². The Morgan fingerprint density at radius 1 is 1.22 bits per heavy atom. The monoisotopic (exact) mass is 450 g/mol. The Bertz CT molecular complexity index is 706. The molecule has 2 N–H and O–H groups in total. The zero-order valence-electron chi connectivity index (χ0n) is 20.1. The summed E-state index contributed by atoms with van der Waals surface area (Å²) in [6.07, 6.45) is 9.55. The van der Waals surface area contributed by atoms with Gasteiger partial charge in [0.1, 0.15) is 6.10 Å². The third-order valence-electron chi connectivity index (χ3n) is 8.99. The van der Waals surface area contributed by atoms with Crippen molar-refractivity contribution in [2.24, 2.45) is 22.7 Å². The lowest BCUT2D eigenvalue weighted by molar-refractivity contribution is -0.213. The molecular formula is C26H42O6. The fraction of sp³-hybridized carbons (Fsp3) is 0.885. The smallest absolute Gasteiger partial charge is 0.305 e. The highest BCUT2D eigenvalue weighted by molar-refractivity contribution is 5.69. The summed E-state index contributed by atoms with van der Waals surface area (Å²) in [6.45, 7) is 7.89. The summed E-state index contributed by atoms with van der Waals surface area (Å²) in [7, 11) is 0. The van der Waals surface area contributed by atoms with E-state index in [1.165, 1.54) is 5.57 Å². The number of aliphatic hydroxyl groups excluding tert-OH is 2. The standard InChI is InChI=1S/C26H42O6/c1-4-22(29)32-21-9-8-19-23-20(28)15-17-14-18(30-13-7-5-6-12-27)10-11-25(17,2)24(23)31-16-26(19,21)3/h15,18-21,23-24,27-28H,4-14,16H2,1-3H3/t18-,19?,20-,21?,23?,24?,25-,26-/m0/s1. The molecule has 0 radical (unpaired) electrons. The van der Waals surface area contributed by atoms with Gasteiger partial charge in [-0.25, -0.2) is 0 Å². The van der Waals surface area contributed by atoms with Crippen LogP contribution >= 0.6 is 0 Å². The molecule has 4 rings (SSSR count). The van der Waals surface area contributed by atoms with Crippen LogP contribution < -0.4 is 0 Å². The lowest BCUT2D eigenvalue weighted by atomic mass is 9.54. The zero-order valence-corrected chi connectivity index (χ0v) is 20.1. The van der Waals surface area contributed by atoms with Gasteiger partial charge in [-0.15, -0.1) is 0 Å². The fourth-order valence-corrected chi connectivity index (χ4v) is 7.00. The summed E-state index contributed by atoms with van der Waals surface area (Å²) in [5.41, 5.74) is 0.984.